The first-order valence-corrected chi connectivity index (χ1v) is 10.6. The van der Waals surface area contributed by atoms with E-state index in [1.54, 1.807) is 6.20 Å². The third-order valence-corrected chi connectivity index (χ3v) is 5.62. The van der Waals surface area contributed by atoms with E-state index < -0.39 is 6.29 Å². The monoisotopic (exact) mass is 422 g/mol. The van der Waals surface area contributed by atoms with Gasteiger partial charge in [-0.2, -0.15) is 0 Å². The second-order valence-electron chi connectivity index (χ2n) is 7.76. The molecule has 3 aromatic rings. The van der Waals surface area contributed by atoms with Crippen molar-refractivity contribution in [2.45, 2.75) is 39.0 Å². The summed E-state index contributed by atoms with van der Waals surface area (Å²) in [5.74, 6) is 2.19. The average Bonchev–Trinajstić information content (AvgIpc) is 3.23. The van der Waals surface area contributed by atoms with Gasteiger partial charge < -0.3 is 23.9 Å². The summed E-state index contributed by atoms with van der Waals surface area (Å²) >= 11 is 0. The van der Waals surface area contributed by atoms with Crippen molar-refractivity contribution in [2.24, 2.45) is 0 Å². The molecule has 0 bridgehead atoms. The summed E-state index contributed by atoms with van der Waals surface area (Å²) in [7, 11) is 0. The molecule has 0 amide bonds. The maximum atomic E-state index is 10.0. The van der Waals surface area contributed by atoms with Crippen LogP contribution in [0.25, 0.3) is 0 Å². The molecule has 0 aliphatic carbocycles. The molecule has 8 nitrogen and oxygen atoms in total. The molecule has 2 aromatic heterocycles. The van der Waals surface area contributed by atoms with Gasteiger partial charge in [-0.1, -0.05) is 24.3 Å². The van der Waals surface area contributed by atoms with E-state index in [0.717, 1.165) is 37.6 Å². The number of nitrogens with zero attached hydrogens (tertiary/aromatic N) is 4. The summed E-state index contributed by atoms with van der Waals surface area (Å²) in [4.78, 5) is 11.2. The standard InChI is InChI=1S/C23H26N4O4/c1-2-29-23(28)18-13-27-11-10-26(14-21(27)25-18)12-16-5-7-17(8-6-16)20-15-30-19-4-3-9-24-22(19)31-20/h3-9,13,20,23,28H,2,10-12,14-15H2,1H3/t20-,23?/m1/s1. The van der Waals surface area contributed by atoms with Crippen molar-refractivity contribution in [3.63, 3.8) is 0 Å². The van der Waals surface area contributed by atoms with E-state index in [2.05, 4.69) is 43.7 Å². The van der Waals surface area contributed by atoms with Crippen LogP contribution in [0.3, 0.4) is 0 Å². The van der Waals surface area contributed by atoms with Crippen LogP contribution in [0.4, 0.5) is 0 Å². The lowest BCUT2D eigenvalue weighted by Gasteiger charge is -2.28. The molecule has 0 saturated heterocycles. The number of aliphatic hydroxyl groups excluding tert-OH is 1. The lowest BCUT2D eigenvalue weighted by atomic mass is 10.1. The van der Waals surface area contributed by atoms with Gasteiger partial charge in [-0.3, -0.25) is 4.90 Å². The Morgan fingerprint density at radius 2 is 2.10 bits per heavy atom. The van der Waals surface area contributed by atoms with Crippen LogP contribution in [0.2, 0.25) is 0 Å². The number of hydrogen-bond donors (Lipinski definition) is 1. The molecular weight excluding hydrogens is 396 g/mol. The average molecular weight is 422 g/mol. The molecule has 0 saturated carbocycles. The van der Waals surface area contributed by atoms with Crippen molar-refractivity contribution in [3.05, 3.63) is 71.4 Å². The fourth-order valence-electron chi connectivity index (χ4n) is 3.99. The number of pyridine rings is 1. The first kappa shape index (κ1) is 20.0. The summed E-state index contributed by atoms with van der Waals surface area (Å²) in [5.41, 5.74) is 2.88. The molecule has 31 heavy (non-hydrogen) atoms. The number of ether oxygens (including phenoxy) is 3. The van der Waals surface area contributed by atoms with Gasteiger partial charge in [0.15, 0.2) is 18.1 Å². The van der Waals surface area contributed by atoms with Crippen LogP contribution in [0.1, 0.15) is 42.0 Å². The van der Waals surface area contributed by atoms with Crippen LogP contribution in [-0.2, 0) is 24.4 Å². The quantitative estimate of drug-likeness (QED) is 0.612. The Kier molecular flexibility index (Phi) is 5.59. The molecule has 0 radical (unpaired) electrons. The minimum Gasteiger partial charge on any atom is -0.484 e. The highest BCUT2D eigenvalue weighted by molar-refractivity contribution is 5.36. The zero-order valence-corrected chi connectivity index (χ0v) is 17.5. The van der Waals surface area contributed by atoms with E-state index in [1.165, 1.54) is 5.56 Å². The molecule has 162 valence electrons. The largest absolute Gasteiger partial charge is 0.484 e. The van der Waals surface area contributed by atoms with E-state index >= 15 is 0 Å². The Bertz CT molecular complexity index is 1040. The summed E-state index contributed by atoms with van der Waals surface area (Å²) in [6.45, 7) is 6.13. The first-order valence-electron chi connectivity index (χ1n) is 10.6. The predicted molar refractivity (Wildman–Crippen MR) is 112 cm³/mol. The summed E-state index contributed by atoms with van der Waals surface area (Å²) < 4.78 is 19.1. The number of fused-ring (bicyclic) bond motifs is 2. The number of rotatable bonds is 6. The molecular formula is C23H26N4O4. The van der Waals surface area contributed by atoms with Crippen LogP contribution < -0.4 is 9.47 Å². The Balaban J connectivity index is 1.21. The molecule has 1 aromatic carbocycles. The molecule has 1 unspecified atom stereocenters. The van der Waals surface area contributed by atoms with Gasteiger partial charge in [-0.25, -0.2) is 9.97 Å². The second kappa shape index (κ2) is 8.66. The smallest absolute Gasteiger partial charge is 0.257 e. The van der Waals surface area contributed by atoms with Crippen LogP contribution in [-0.4, -0.2) is 44.3 Å². The Morgan fingerprint density at radius 1 is 1.23 bits per heavy atom. The minimum atomic E-state index is -0.961. The van der Waals surface area contributed by atoms with Gasteiger partial charge in [0.2, 0.25) is 0 Å². The normalized spacial score (nSPS) is 19.1. The van der Waals surface area contributed by atoms with Crippen LogP contribution in [0.5, 0.6) is 11.6 Å². The highest BCUT2D eigenvalue weighted by atomic mass is 16.6. The molecule has 0 fully saturated rings. The Hall–Kier alpha value is -2.94. The Labute approximate surface area is 181 Å². The van der Waals surface area contributed by atoms with Gasteiger partial charge in [0.05, 0.1) is 6.54 Å². The fourth-order valence-corrected chi connectivity index (χ4v) is 3.99. The highest BCUT2D eigenvalue weighted by Gasteiger charge is 2.24. The predicted octanol–water partition coefficient (Wildman–Crippen LogP) is 2.83. The maximum absolute atomic E-state index is 10.0. The van der Waals surface area contributed by atoms with E-state index in [0.29, 0.717) is 30.5 Å². The lowest BCUT2D eigenvalue weighted by Crippen LogP contribution is -2.33. The number of benzene rings is 1. The van der Waals surface area contributed by atoms with Crippen molar-refractivity contribution in [1.29, 1.82) is 0 Å². The van der Waals surface area contributed by atoms with E-state index in [9.17, 15) is 5.11 Å². The van der Waals surface area contributed by atoms with Crippen molar-refractivity contribution in [1.82, 2.24) is 19.4 Å². The highest BCUT2D eigenvalue weighted by Crippen LogP contribution is 2.34. The second-order valence-corrected chi connectivity index (χ2v) is 7.76. The topological polar surface area (TPSA) is 81.9 Å². The van der Waals surface area contributed by atoms with Gasteiger partial charge in [0, 0.05) is 38.6 Å². The Morgan fingerprint density at radius 3 is 2.94 bits per heavy atom. The van der Waals surface area contributed by atoms with Crippen LogP contribution in [0, 0.1) is 0 Å². The molecule has 0 spiro atoms. The molecule has 2 aliphatic rings. The van der Waals surface area contributed by atoms with E-state index in [1.807, 2.05) is 25.3 Å². The fraction of sp³-hybridized carbons (Fsp3) is 0.391. The van der Waals surface area contributed by atoms with Gasteiger partial charge in [0.25, 0.3) is 5.88 Å². The van der Waals surface area contributed by atoms with Gasteiger partial charge in [0.1, 0.15) is 18.1 Å². The first-order chi connectivity index (χ1) is 15.2. The number of hydrogen-bond acceptors (Lipinski definition) is 7. The maximum Gasteiger partial charge on any atom is 0.257 e. The number of imidazole rings is 1. The molecule has 8 heteroatoms. The number of aromatic nitrogens is 3. The van der Waals surface area contributed by atoms with Gasteiger partial charge in [-0.15, -0.1) is 0 Å². The van der Waals surface area contributed by atoms with Gasteiger partial charge in [-0.05, 0) is 30.2 Å². The zero-order chi connectivity index (χ0) is 21.2. The van der Waals surface area contributed by atoms with Gasteiger partial charge >= 0.3 is 0 Å². The summed E-state index contributed by atoms with van der Waals surface area (Å²) in [5, 5.41) is 10.0. The minimum absolute atomic E-state index is 0.158. The number of aliphatic hydroxyl groups is 1. The third kappa shape index (κ3) is 4.27. The summed E-state index contributed by atoms with van der Waals surface area (Å²) in [6, 6.07) is 12.2. The van der Waals surface area contributed by atoms with Crippen molar-refractivity contribution < 1.29 is 19.3 Å². The van der Waals surface area contributed by atoms with E-state index in [4.69, 9.17) is 14.2 Å². The van der Waals surface area contributed by atoms with Crippen molar-refractivity contribution in [2.75, 3.05) is 19.8 Å². The SMILES string of the molecule is CCOC(O)c1cn2c(n1)CN(Cc1ccc([C@H]3COc4cccnc4O3)cc1)CC2. The molecule has 2 atom stereocenters. The molecule has 4 heterocycles. The third-order valence-electron chi connectivity index (χ3n) is 5.62. The van der Waals surface area contributed by atoms with Crippen LogP contribution >= 0.6 is 0 Å². The summed E-state index contributed by atoms with van der Waals surface area (Å²) in [6.07, 6.45) is 2.48. The van der Waals surface area contributed by atoms with Crippen molar-refractivity contribution >= 4 is 0 Å². The van der Waals surface area contributed by atoms with Crippen molar-refractivity contribution in [3.8, 4) is 11.6 Å². The molecule has 2 aliphatic heterocycles. The van der Waals surface area contributed by atoms with E-state index in [-0.39, 0.29) is 6.10 Å². The molecule has 1 N–H and O–H groups in total. The molecule has 5 rings (SSSR count). The zero-order valence-electron chi connectivity index (χ0n) is 17.5. The van der Waals surface area contributed by atoms with Crippen LogP contribution in [0.15, 0.2) is 48.8 Å². The lowest BCUT2D eigenvalue weighted by molar-refractivity contribution is -0.101.